The molecule has 0 bridgehead atoms. The molecule has 0 saturated heterocycles. The Balaban J connectivity index is 2.17. The second kappa shape index (κ2) is 4.73. The third kappa shape index (κ3) is 2.83. The summed E-state index contributed by atoms with van der Waals surface area (Å²) >= 11 is 1.82. The van der Waals surface area contributed by atoms with E-state index in [1.54, 1.807) is 0 Å². The number of benzene rings is 1. The summed E-state index contributed by atoms with van der Waals surface area (Å²) in [6.45, 7) is 8.66. The van der Waals surface area contributed by atoms with Gasteiger partial charge >= 0.3 is 0 Å². The van der Waals surface area contributed by atoms with Crippen LogP contribution in [0.2, 0.25) is 0 Å². The molecule has 0 spiro atoms. The number of amidine groups is 1. The third-order valence-electron chi connectivity index (χ3n) is 3.29. The molecule has 0 saturated carbocycles. The third-order valence-corrected chi connectivity index (χ3v) is 4.52. The Kier molecular flexibility index (Phi) is 3.48. The zero-order chi connectivity index (χ0) is 12.5. The Morgan fingerprint density at radius 1 is 1.41 bits per heavy atom. The maximum Gasteiger partial charge on any atom is 0.161 e. The lowest BCUT2D eigenvalue weighted by atomic mass is 10.0. The van der Waals surface area contributed by atoms with Crippen molar-refractivity contribution in [3.63, 3.8) is 0 Å². The van der Waals surface area contributed by atoms with Gasteiger partial charge in [-0.05, 0) is 44.4 Å². The fraction of sp³-hybridized carbons (Fsp3) is 0.500. The average molecular weight is 248 g/mol. The van der Waals surface area contributed by atoms with Crippen LogP contribution in [-0.4, -0.2) is 16.5 Å². The van der Waals surface area contributed by atoms with Crippen LogP contribution in [0, 0.1) is 13.8 Å². The summed E-state index contributed by atoms with van der Waals surface area (Å²) in [6.07, 6.45) is 1.10. The van der Waals surface area contributed by atoms with Gasteiger partial charge in [-0.1, -0.05) is 30.8 Å². The maximum atomic E-state index is 4.77. The van der Waals surface area contributed by atoms with E-state index < -0.39 is 0 Å². The largest absolute Gasteiger partial charge is 0.335 e. The molecule has 0 aliphatic carbocycles. The van der Waals surface area contributed by atoms with Gasteiger partial charge in [0.2, 0.25) is 0 Å². The lowest BCUT2D eigenvalue weighted by Crippen LogP contribution is -2.20. The van der Waals surface area contributed by atoms with Crippen LogP contribution in [0.4, 0.5) is 5.69 Å². The molecule has 0 fully saturated rings. The van der Waals surface area contributed by atoms with Crippen LogP contribution in [0.1, 0.15) is 31.4 Å². The van der Waals surface area contributed by atoms with E-state index in [0.717, 1.165) is 17.3 Å². The molecule has 1 aromatic rings. The highest BCUT2D eigenvalue weighted by Crippen LogP contribution is 2.31. The SMILES string of the molecule is CCC1(C)CSC(Nc2cc(C)ccc2C)=N1. The summed E-state index contributed by atoms with van der Waals surface area (Å²) in [7, 11) is 0. The molecule has 17 heavy (non-hydrogen) atoms. The lowest BCUT2D eigenvalue weighted by molar-refractivity contribution is 0.523. The zero-order valence-corrected chi connectivity index (χ0v) is 11.8. The van der Waals surface area contributed by atoms with Crippen molar-refractivity contribution in [2.45, 2.75) is 39.7 Å². The van der Waals surface area contributed by atoms with Gasteiger partial charge in [0.1, 0.15) is 0 Å². The Labute approximate surface area is 108 Å². The predicted octanol–water partition coefficient (Wildman–Crippen LogP) is 3.99. The topological polar surface area (TPSA) is 24.4 Å². The van der Waals surface area contributed by atoms with Gasteiger partial charge in [-0.25, -0.2) is 0 Å². The highest BCUT2D eigenvalue weighted by atomic mass is 32.2. The molecule has 1 N–H and O–H groups in total. The molecule has 1 heterocycles. The summed E-state index contributed by atoms with van der Waals surface area (Å²) < 4.78 is 0. The van der Waals surface area contributed by atoms with E-state index in [-0.39, 0.29) is 5.54 Å². The number of aliphatic imine (C=N–C) groups is 1. The van der Waals surface area contributed by atoms with Crippen molar-refractivity contribution in [3.8, 4) is 0 Å². The van der Waals surface area contributed by atoms with Crippen LogP contribution < -0.4 is 5.32 Å². The minimum Gasteiger partial charge on any atom is -0.335 e. The number of hydrogen-bond acceptors (Lipinski definition) is 3. The molecule has 0 radical (unpaired) electrons. The summed E-state index contributed by atoms with van der Waals surface area (Å²) in [5.74, 6) is 1.08. The predicted molar refractivity (Wildman–Crippen MR) is 78.1 cm³/mol. The van der Waals surface area contributed by atoms with Crippen LogP contribution in [0.25, 0.3) is 0 Å². The molecule has 3 heteroatoms. The summed E-state index contributed by atoms with van der Waals surface area (Å²) in [4.78, 5) is 4.77. The van der Waals surface area contributed by atoms with Crippen molar-refractivity contribution >= 4 is 22.6 Å². The monoisotopic (exact) mass is 248 g/mol. The summed E-state index contributed by atoms with van der Waals surface area (Å²) in [5, 5.41) is 4.51. The number of aryl methyl sites for hydroxylation is 2. The van der Waals surface area contributed by atoms with E-state index in [1.807, 2.05) is 11.8 Å². The second-order valence-electron chi connectivity index (χ2n) is 5.00. The van der Waals surface area contributed by atoms with Crippen molar-refractivity contribution < 1.29 is 0 Å². The summed E-state index contributed by atoms with van der Waals surface area (Å²) in [6, 6.07) is 6.47. The molecule has 0 amide bonds. The molecule has 1 aliphatic rings. The van der Waals surface area contributed by atoms with Gasteiger partial charge in [0.05, 0.1) is 5.54 Å². The fourth-order valence-electron chi connectivity index (χ4n) is 1.76. The van der Waals surface area contributed by atoms with E-state index in [4.69, 9.17) is 4.99 Å². The smallest absolute Gasteiger partial charge is 0.161 e. The molecule has 92 valence electrons. The van der Waals surface area contributed by atoms with E-state index in [2.05, 4.69) is 51.2 Å². The second-order valence-corrected chi connectivity index (χ2v) is 5.96. The molecule has 0 aromatic heterocycles. The number of thioether (sulfide) groups is 1. The minimum atomic E-state index is 0.116. The fourth-order valence-corrected chi connectivity index (χ4v) is 2.95. The first-order valence-electron chi connectivity index (χ1n) is 6.09. The van der Waals surface area contributed by atoms with Crippen LogP contribution in [0.5, 0.6) is 0 Å². The van der Waals surface area contributed by atoms with Gasteiger partial charge in [0.25, 0.3) is 0 Å². The molecular formula is C14H20N2S. The van der Waals surface area contributed by atoms with Crippen molar-refractivity contribution in [1.82, 2.24) is 0 Å². The number of rotatable bonds is 2. The van der Waals surface area contributed by atoms with Crippen LogP contribution in [0.15, 0.2) is 23.2 Å². The molecule has 2 nitrogen and oxygen atoms in total. The maximum absolute atomic E-state index is 4.77. The molecule has 1 aliphatic heterocycles. The zero-order valence-electron chi connectivity index (χ0n) is 11.0. The van der Waals surface area contributed by atoms with Crippen LogP contribution in [0.3, 0.4) is 0 Å². The van der Waals surface area contributed by atoms with Crippen LogP contribution >= 0.6 is 11.8 Å². The number of nitrogens with zero attached hydrogens (tertiary/aromatic N) is 1. The van der Waals surface area contributed by atoms with E-state index in [9.17, 15) is 0 Å². The van der Waals surface area contributed by atoms with Gasteiger partial charge in [-0.15, -0.1) is 0 Å². The first-order valence-corrected chi connectivity index (χ1v) is 7.08. The van der Waals surface area contributed by atoms with E-state index >= 15 is 0 Å². The van der Waals surface area contributed by atoms with Gasteiger partial charge in [-0.3, -0.25) is 4.99 Å². The van der Waals surface area contributed by atoms with Crippen molar-refractivity contribution in [1.29, 1.82) is 0 Å². The number of nitrogens with one attached hydrogen (secondary N) is 1. The van der Waals surface area contributed by atoms with Crippen molar-refractivity contribution in [3.05, 3.63) is 29.3 Å². The van der Waals surface area contributed by atoms with Gasteiger partial charge in [0.15, 0.2) is 5.17 Å². The quantitative estimate of drug-likeness (QED) is 0.856. The van der Waals surface area contributed by atoms with Crippen molar-refractivity contribution in [2.75, 3.05) is 11.1 Å². The first-order chi connectivity index (χ1) is 8.02. The Hall–Kier alpha value is -0.960. The van der Waals surface area contributed by atoms with Gasteiger partial charge in [-0.2, -0.15) is 0 Å². The number of anilines is 1. The minimum absolute atomic E-state index is 0.116. The molecule has 1 unspecified atom stereocenters. The first kappa shape index (κ1) is 12.5. The molecule has 2 rings (SSSR count). The highest BCUT2D eigenvalue weighted by molar-refractivity contribution is 8.14. The number of hydrogen-bond donors (Lipinski definition) is 1. The van der Waals surface area contributed by atoms with Gasteiger partial charge < -0.3 is 5.32 Å². The van der Waals surface area contributed by atoms with E-state index in [0.29, 0.717) is 0 Å². The summed E-state index contributed by atoms with van der Waals surface area (Å²) in [5.41, 5.74) is 3.84. The average Bonchev–Trinajstić information content (AvgIpc) is 2.67. The Morgan fingerprint density at radius 2 is 2.18 bits per heavy atom. The van der Waals surface area contributed by atoms with Gasteiger partial charge in [0, 0.05) is 11.4 Å². The Morgan fingerprint density at radius 3 is 2.82 bits per heavy atom. The molecule has 1 atom stereocenters. The lowest BCUT2D eigenvalue weighted by Gasteiger charge is -2.15. The van der Waals surface area contributed by atoms with Crippen LogP contribution in [-0.2, 0) is 0 Å². The highest BCUT2D eigenvalue weighted by Gasteiger charge is 2.28. The normalized spacial score (nSPS) is 23.6. The van der Waals surface area contributed by atoms with E-state index in [1.165, 1.54) is 16.8 Å². The molecular weight excluding hydrogens is 228 g/mol. The standard InChI is InChI=1S/C14H20N2S/c1-5-14(4)9-17-13(16-14)15-12-8-10(2)6-7-11(12)3/h6-8H,5,9H2,1-4H3,(H,15,16). The Bertz CT molecular complexity index is 454. The van der Waals surface area contributed by atoms with Crippen molar-refractivity contribution in [2.24, 2.45) is 4.99 Å². The molecule has 1 aromatic carbocycles.